The number of benzene rings is 2. The van der Waals surface area contributed by atoms with E-state index in [9.17, 15) is 18.7 Å². The molecule has 0 unspecified atom stereocenters. The Labute approximate surface area is 211 Å². The van der Waals surface area contributed by atoms with Gasteiger partial charge in [-0.15, -0.1) is 0 Å². The summed E-state index contributed by atoms with van der Waals surface area (Å²) in [6.45, 7) is 5.73. The highest BCUT2D eigenvalue weighted by molar-refractivity contribution is 9.10. The monoisotopic (exact) mass is 548 g/mol. The van der Waals surface area contributed by atoms with E-state index >= 15 is 0 Å². The first-order chi connectivity index (χ1) is 16.6. The molecule has 1 amide bonds. The Bertz CT molecular complexity index is 1180. The molecule has 0 spiro atoms. The van der Waals surface area contributed by atoms with Gasteiger partial charge < -0.3 is 20.5 Å². The number of ether oxygens (including phenoxy) is 1. The number of rotatable bonds is 10. The van der Waals surface area contributed by atoms with Crippen LogP contribution < -0.4 is 15.4 Å². The van der Waals surface area contributed by atoms with E-state index in [0.29, 0.717) is 39.5 Å². The Morgan fingerprint density at radius 2 is 1.86 bits per heavy atom. The van der Waals surface area contributed by atoms with Crippen LogP contribution in [0.15, 0.2) is 47.2 Å². The van der Waals surface area contributed by atoms with Crippen LogP contribution in [0, 0.1) is 11.6 Å². The zero-order chi connectivity index (χ0) is 25.6. The lowest BCUT2D eigenvalue weighted by Gasteiger charge is -2.18. The quantitative estimate of drug-likeness (QED) is 0.338. The predicted molar refractivity (Wildman–Crippen MR) is 134 cm³/mol. The van der Waals surface area contributed by atoms with E-state index in [0.717, 1.165) is 0 Å². The van der Waals surface area contributed by atoms with Crippen LogP contribution in [0.1, 0.15) is 36.7 Å². The molecule has 7 nitrogen and oxygen atoms in total. The van der Waals surface area contributed by atoms with Crippen molar-refractivity contribution in [1.82, 2.24) is 15.3 Å². The molecule has 186 valence electrons. The van der Waals surface area contributed by atoms with Crippen LogP contribution in [0.2, 0.25) is 0 Å². The second-order valence-electron chi connectivity index (χ2n) is 8.45. The smallest absolute Gasteiger partial charge is 0.255 e. The number of halogens is 3. The van der Waals surface area contributed by atoms with Gasteiger partial charge in [0.2, 0.25) is 0 Å². The minimum absolute atomic E-state index is 0.00483. The zero-order valence-electron chi connectivity index (χ0n) is 19.7. The number of hydrogen-bond donors (Lipinski definition) is 3. The Morgan fingerprint density at radius 3 is 2.51 bits per heavy atom. The number of nitrogens with zero attached hydrogens (tertiary/aromatic N) is 2. The summed E-state index contributed by atoms with van der Waals surface area (Å²) in [5.74, 6) is -0.723. The summed E-state index contributed by atoms with van der Waals surface area (Å²) >= 11 is 3.07. The van der Waals surface area contributed by atoms with Crippen molar-refractivity contribution in [1.29, 1.82) is 0 Å². The standard InChI is InChI=1S/C25H27BrF2N4O3/c1-4-35-22-9-15(5-6-18(22)24(33)30-13-25(2,3)34)21-12-23(32-14-31-21)29-8-7-17-19(27)10-16(26)11-20(17)28/h5-6,9-12,14,34H,4,7-8,13H2,1-3H3,(H,30,33)(H,29,31,32). The first kappa shape index (κ1) is 26.5. The molecule has 0 saturated carbocycles. The molecular weight excluding hydrogens is 522 g/mol. The molecule has 0 radical (unpaired) electrons. The highest BCUT2D eigenvalue weighted by Crippen LogP contribution is 2.28. The largest absolute Gasteiger partial charge is 0.493 e. The number of aliphatic hydroxyl groups is 1. The van der Waals surface area contributed by atoms with E-state index < -0.39 is 17.2 Å². The van der Waals surface area contributed by atoms with Gasteiger partial charge in [0.25, 0.3) is 5.91 Å². The van der Waals surface area contributed by atoms with Gasteiger partial charge in [0, 0.05) is 34.8 Å². The number of nitrogens with one attached hydrogen (secondary N) is 2. The van der Waals surface area contributed by atoms with Crippen molar-refractivity contribution >= 4 is 27.7 Å². The second-order valence-corrected chi connectivity index (χ2v) is 9.37. The lowest BCUT2D eigenvalue weighted by Crippen LogP contribution is -2.38. The molecule has 0 aliphatic heterocycles. The van der Waals surface area contributed by atoms with Crippen molar-refractivity contribution in [2.75, 3.05) is 25.0 Å². The molecule has 0 bridgehead atoms. The van der Waals surface area contributed by atoms with Gasteiger partial charge in [0.1, 0.15) is 29.5 Å². The highest BCUT2D eigenvalue weighted by atomic mass is 79.9. The van der Waals surface area contributed by atoms with Gasteiger partial charge in [0.15, 0.2) is 0 Å². The zero-order valence-corrected chi connectivity index (χ0v) is 21.2. The van der Waals surface area contributed by atoms with Gasteiger partial charge in [-0.25, -0.2) is 18.7 Å². The lowest BCUT2D eigenvalue weighted by molar-refractivity contribution is 0.0692. The van der Waals surface area contributed by atoms with Crippen molar-refractivity contribution in [3.8, 4) is 17.0 Å². The van der Waals surface area contributed by atoms with Crippen LogP contribution in [-0.4, -0.2) is 46.3 Å². The van der Waals surface area contributed by atoms with E-state index in [1.807, 2.05) is 6.92 Å². The first-order valence-corrected chi connectivity index (χ1v) is 11.8. The third-order valence-electron chi connectivity index (χ3n) is 4.96. The van der Waals surface area contributed by atoms with Crippen LogP contribution in [0.4, 0.5) is 14.6 Å². The SMILES string of the molecule is CCOc1cc(-c2cc(NCCc3c(F)cc(Br)cc3F)ncn2)ccc1C(=O)NCC(C)(C)O. The number of amides is 1. The molecule has 1 aromatic heterocycles. The highest BCUT2D eigenvalue weighted by Gasteiger charge is 2.18. The van der Waals surface area contributed by atoms with Gasteiger partial charge >= 0.3 is 0 Å². The normalized spacial score (nSPS) is 11.3. The fraction of sp³-hybridized carbons (Fsp3) is 0.320. The topological polar surface area (TPSA) is 96.4 Å². The molecule has 3 N–H and O–H groups in total. The van der Waals surface area contributed by atoms with Gasteiger partial charge in [-0.2, -0.15) is 0 Å². The van der Waals surface area contributed by atoms with E-state index in [1.54, 1.807) is 38.1 Å². The third-order valence-corrected chi connectivity index (χ3v) is 5.42. The van der Waals surface area contributed by atoms with Crippen LogP contribution in [0.25, 0.3) is 11.3 Å². The molecule has 0 atom stereocenters. The van der Waals surface area contributed by atoms with Crippen molar-refractivity contribution in [2.24, 2.45) is 0 Å². The fourth-order valence-corrected chi connectivity index (χ4v) is 3.68. The summed E-state index contributed by atoms with van der Waals surface area (Å²) in [6, 6.07) is 9.24. The summed E-state index contributed by atoms with van der Waals surface area (Å²) < 4.78 is 34.1. The minimum atomic E-state index is -1.04. The molecular formula is C25H27BrF2N4O3. The van der Waals surface area contributed by atoms with Crippen LogP contribution >= 0.6 is 15.9 Å². The molecule has 0 aliphatic rings. The van der Waals surface area contributed by atoms with E-state index in [-0.39, 0.29) is 31.0 Å². The molecule has 0 fully saturated rings. The van der Waals surface area contributed by atoms with Crippen LogP contribution in [0.3, 0.4) is 0 Å². The number of aromatic nitrogens is 2. The average molecular weight is 549 g/mol. The molecule has 1 heterocycles. The van der Waals surface area contributed by atoms with E-state index in [4.69, 9.17) is 4.74 Å². The Balaban J connectivity index is 1.74. The maximum absolute atomic E-state index is 14.0. The molecule has 0 saturated heterocycles. The van der Waals surface area contributed by atoms with Gasteiger partial charge in [-0.1, -0.05) is 22.0 Å². The summed E-state index contributed by atoms with van der Waals surface area (Å²) in [5.41, 5.74) is 0.567. The first-order valence-electron chi connectivity index (χ1n) is 11.0. The van der Waals surface area contributed by atoms with E-state index in [1.165, 1.54) is 18.5 Å². The summed E-state index contributed by atoms with van der Waals surface area (Å²) in [6.07, 6.45) is 1.51. The number of anilines is 1. The molecule has 3 aromatic rings. The number of hydrogen-bond acceptors (Lipinski definition) is 6. The third kappa shape index (κ3) is 7.43. The molecule has 0 aliphatic carbocycles. The molecule has 2 aromatic carbocycles. The predicted octanol–water partition coefficient (Wildman–Crippen LogP) is 4.74. The maximum Gasteiger partial charge on any atom is 0.255 e. The maximum atomic E-state index is 14.0. The summed E-state index contributed by atoms with van der Waals surface area (Å²) in [4.78, 5) is 21.1. The average Bonchev–Trinajstić information content (AvgIpc) is 2.79. The lowest BCUT2D eigenvalue weighted by atomic mass is 10.1. The van der Waals surface area contributed by atoms with Gasteiger partial charge in [-0.05, 0) is 51.5 Å². The number of carbonyl (C=O) groups excluding carboxylic acids is 1. The van der Waals surface area contributed by atoms with Crippen molar-refractivity contribution in [3.05, 3.63) is 70.0 Å². The Morgan fingerprint density at radius 1 is 1.14 bits per heavy atom. The second kappa shape index (κ2) is 11.5. The number of carbonyl (C=O) groups is 1. The Hall–Kier alpha value is -3.11. The summed E-state index contributed by atoms with van der Waals surface area (Å²) in [5, 5.41) is 15.6. The minimum Gasteiger partial charge on any atom is -0.493 e. The Kier molecular flexibility index (Phi) is 8.74. The van der Waals surface area contributed by atoms with Gasteiger partial charge in [0.05, 0.1) is 23.5 Å². The van der Waals surface area contributed by atoms with Crippen molar-refractivity contribution < 1.29 is 23.4 Å². The molecule has 3 rings (SSSR count). The van der Waals surface area contributed by atoms with E-state index in [2.05, 4.69) is 36.5 Å². The van der Waals surface area contributed by atoms with Crippen molar-refractivity contribution in [2.45, 2.75) is 32.8 Å². The van der Waals surface area contributed by atoms with Gasteiger partial charge in [-0.3, -0.25) is 4.79 Å². The van der Waals surface area contributed by atoms with Crippen LogP contribution in [-0.2, 0) is 6.42 Å². The van der Waals surface area contributed by atoms with Crippen molar-refractivity contribution in [3.63, 3.8) is 0 Å². The molecule has 35 heavy (non-hydrogen) atoms. The molecule has 10 heteroatoms. The fourth-order valence-electron chi connectivity index (χ4n) is 3.27. The summed E-state index contributed by atoms with van der Waals surface area (Å²) in [7, 11) is 0. The van der Waals surface area contributed by atoms with Crippen LogP contribution in [0.5, 0.6) is 5.75 Å².